The van der Waals surface area contributed by atoms with Crippen molar-refractivity contribution in [1.29, 1.82) is 0 Å². The molecule has 0 aliphatic carbocycles. The van der Waals surface area contributed by atoms with Crippen molar-refractivity contribution in [1.82, 2.24) is 20.1 Å². The molecule has 3 rings (SSSR count). The summed E-state index contributed by atoms with van der Waals surface area (Å²) < 4.78 is 31.5. The summed E-state index contributed by atoms with van der Waals surface area (Å²) in [6.07, 6.45) is 0.737. The van der Waals surface area contributed by atoms with E-state index in [1.807, 2.05) is 0 Å². The summed E-state index contributed by atoms with van der Waals surface area (Å²) in [7, 11) is 0. The first-order chi connectivity index (χ1) is 10.5. The van der Waals surface area contributed by atoms with Crippen LogP contribution in [0.4, 0.5) is 8.78 Å². The Morgan fingerprint density at radius 1 is 1.23 bits per heavy atom. The molecule has 2 aromatic heterocycles. The molecule has 1 N–H and O–H groups in total. The number of benzene rings is 1. The van der Waals surface area contributed by atoms with Crippen LogP contribution < -0.4 is 0 Å². The van der Waals surface area contributed by atoms with Crippen LogP contribution in [0, 0.1) is 17.6 Å². The summed E-state index contributed by atoms with van der Waals surface area (Å²) in [6.45, 7) is 4.15. The minimum Gasteiger partial charge on any atom is -0.339 e. The topological polar surface area (TPSA) is 67.6 Å². The lowest BCUT2D eigenvalue weighted by atomic mass is 10.1. The lowest BCUT2D eigenvalue weighted by molar-refractivity contribution is 0.360. The molecule has 0 saturated carbocycles. The van der Waals surface area contributed by atoms with Crippen LogP contribution in [-0.4, -0.2) is 20.1 Å². The Labute approximate surface area is 129 Å². The molecule has 0 bridgehead atoms. The Kier molecular flexibility index (Phi) is 4.10. The summed E-state index contributed by atoms with van der Waals surface area (Å²) in [6, 6.07) is 2.16. The lowest BCUT2D eigenvalue weighted by Gasteiger charge is -1.96. The lowest BCUT2D eigenvalue weighted by Crippen LogP contribution is -1.94. The average molecular weight is 324 g/mol. The predicted molar refractivity (Wildman–Crippen MR) is 78.4 cm³/mol. The number of imidazole rings is 1. The summed E-state index contributed by atoms with van der Waals surface area (Å²) >= 11 is 1.35. The molecule has 0 radical (unpaired) electrons. The highest BCUT2D eigenvalue weighted by atomic mass is 32.2. The maximum Gasteiger partial charge on any atom is 0.226 e. The van der Waals surface area contributed by atoms with Crippen LogP contribution in [0.25, 0.3) is 11.0 Å². The van der Waals surface area contributed by atoms with Crippen LogP contribution in [0.3, 0.4) is 0 Å². The monoisotopic (exact) mass is 324 g/mol. The highest BCUT2D eigenvalue weighted by Crippen LogP contribution is 2.23. The second-order valence-electron chi connectivity index (χ2n) is 5.32. The Morgan fingerprint density at radius 3 is 2.77 bits per heavy atom. The molecule has 0 atom stereocenters. The maximum atomic E-state index is 13.2. The van der Waals surface area contributed by atoms with Gasteiger partial charge in [0, 0.05) is 18.6 Å². The van der Waals surface area contributed by atoms with Gasteiger partial charge in [-0.3, -0.25) is 0 Å². The fraction of sp³-hybridized carbons (Fsp3) is 0.357. The first kappa shape index (κ1) is 15.0. The van der Waals surface area contributed by atoms with E-state index in [0.29, 0.717) is 39.6 Å². The van der Waals surface area contributed by atoms with E-state index in [1.54, 1.807) is 0 Å². The minimum absolute atomic E-state index is 0.384. The van der Waals surface area contributed by atoms with Crippen molar-refractivity contribution in [2.45, 2.75) is 31.2 Å². The number of thioether (sulfide) groups is 1. The van der Waals surface area contributed by atoms with Gasteiger partial charge in [0.05, 0.1) is 16.8 Å². The standard InChI is InChI=1S/C14H14F2N4OS/c1-7(2)3-13-19-12(20-21-13)6-22-14-17-10-4-8(15)9(16)5-11(10)18-14/h4-5,7H,3,6H2,1-2H3,(H,17,18). The zero-order chi connectivity index (χ0) is 15.7. The zero-order valence-corrected chi connectivity index (χ0v) is 12.9. The van der Waals surface area contributed by atoms with E-state index in [2.05, 4.69) is 34.0 Å². The van der Waals surface area contributed by atoms with Crippen LogP contribution in [0.15, 0.2) is 21.8 Å². The third-order valence-corrected chi connectivity index (χ3v) is 3.80. The second-order valence-corrected chi connectivity index (χ2v) is 6.28. The number of halogens is 2. The van der Waals surface area contributed by atoms with E-state index in [4.69, 9.17) is 4.52 Å². The van der Waals surface area contributed by atoms with Gasteiger partial charge in [-0.2, -0.15) is 4.98 Å². The largest absolute Gasteiger partial charge is 0.339 e. The highest BCUT2D eigenvalue weighted by molar-refractivity contribution is 7.98. The summed E-state index contributed by atoms with van der Waals surface area (Å²) in [5.74, 6) is 0.280. The fourth-order valence-corrected chi connectivity index (χ4v) is 2.69. The third kappa shape index (κ3) is 3.27. The van der Waals surface area contributed by atoms with Gasteiger partial charge < -0.3 is 9.51 Å². The normalized spacial score (nSPS) is 11.7. The quantitative estimate of drug-likeness (QED) is 0.725. The van der Waals surface area contributed by atoms with Gasteiger partial charge in [0.2, 0.25) is 5.89 Å². The molecule has 22 heavy (non-hydrogen) atoms. The molecule has 0 aliphatic heterocycles. The number of fused-ring (bicyclic) bond motifs is 1. The van der Waals surface area contributed by atoms with Gasteiger partial charge in [-0.1, -0.05) is 30.8 Å². The van der Waals surface area contributed by atoms with Gasteiger partial charge in [0.1, 0.15) is 0 Å². The molecule has 1 aromatic carbocycles. The SMILES string of the molecule is CC(C)Cc1nc(CSc2nc3cc(F)c(F)cc3[nH]2)no1. The van der Waals surface area contributed by atoms with Crippen LogP contribution >= 0.6 is 11.8 Å². The van der Waals surface area contributed by atoms with Crippen molar-refractivity contribution in [3.8, 4) is 0 Å². The first-order valence-corrected chi connectivity index (χ1v) is 7.79. The maximum absolute atomic E-state index is 13.2. The van der Waals surface area contributed by atoms with E-state index in [-0.39, 0.29) is 0 Å². The second kappa shape index (κ2) is 6.04. The molecular weight excluding hydrogens is 310 g/mol. The van der Waals surface area contributed by atoms with Crippen LogP contribution in [0.2, 0.25) is 0 Å². The van der Waals surface area contributed by atoms with Gasteiger partial charge >= 0.3 is 0 Å². The predicted octanol–water partition coefficient (Wildman–Crippen LogP) is 3.71. The number of hydrogen-bond donors (Lipinski definition) is 1. The molecule has 0 spiro atoms. The number of nitrogens with zero attached hydrogens (tertiary/aromatic N) is 3. The molecule has 5 nitrogen and oxygen atoms in total. The van der Waals surface area contributed by atoms with Gasteiger partial charge in [0.25, 0.3) is 0 Å². The van der Waals surface area contributed by atoms with Crippen molar-refractivity contribution in [2.24, 2.45) is 5.92 Å². The number of H-pyrrole nitrogens is 1. The van der Waals surface area contributed by atoms with Gasteiger partial charge in [-0.05, 0) is 5.92 Å². The highest BCUT2D eigenvalue weighted by Gasteiger charge is 2.12. The first-order valence-electron chi connectivity index (χ1n) is 6.80. The molecule has 0 fully saturated rings. The van der Waals surface area contributed by atoms with E-state index in [9.17, 15) is 8.78 Å². The molecule has 0 unspecified atom stereocenters. The number of rotatable bonds is 5. The zero-order valence-electron chi connectivity index (χ0n) is 12.1. The smallest absolute Gasteiger partial charge is 0.226 e. The number of aromatic amines is 1. The van der Waals surface area contributed by atoms with Crippen molar-refractivity contribution in [3.63, 3.8) is 0 Å². The van der Waals surface area contributed by atoms with Crippen molar-refractivity contribution in [3.05, 3.63) is 35.5 Å². The van der Waals surface area contributed by atoms with Crippen LogP contribution in [0.1, 0.15) is 25.6 Å². The van der Waals surface area contributed by atoms with Crippen LogP contribution in [-0.2, 0) is 12.2 Å². The Balaban J connectivity index is 1.69. The van der Waals surface area contributed by atoms with Gasteiger partial charge in [-0.15, -0.1) is 0 Å². The molecule has 0 amide bonds. The van der Waals surface area contributed by atoms with Crippen LogP contribution in [0.5, 0.6) is 0 Å². The minimum atomic E-state index is -0.910. The Morgan fingerprint density at radius 2 is 2.00 bits per heavy atom. The molecule has 0 saturated heterocycles. The van der Waals surface area contributed by atoms with E-state index in [0.717, 1.165) is 18.6 Å². The summed E-state index contributed by atoms with van der Waals surface area (Å²) in [5.41, 5.74) is 0.838. The number of nitrogens with one attached hydrogen (secondary N) is 1. The van der Waals surface area contributed by atoms with Gasteiger partial charge in [-0.25, -0.2) is 13.8 Å². The number of hydrogen-bond acceptors (Lipinski definition) is 5. The van der Waals surface area contributed by atoms with E-state index in [1.165, 1.54) is 11.8 Å². The van der Waals surface area contributed by atoms with Crippen molar-refractivity contribution in [2.75, 3.05) is 0 Å². The molecule has 116 valence electrons. The van der Waals surface area contributed by atoms with Gasteiger partial charge in [0.15, 0.2) is 22.6 Å². The average Bonchev–Trinajstić information content (AvgIpc) is 3.03. The molecule has 8 heteroatoms. The van der Waals surface area contributed by atoms with Crippen molar-refractivity contribution < 1.29 is 13.3 Å². The molecule has 0 aliphatic rings. The Bertz CT molecular complexity index is 760. The molecule has 3 aromatic rings. The number of aromatic nitrogens is 4. The molecular formula is C14H14F2N4OS. The van der Waals surface area contributed by atoms with E-state index >= 15 is 0 Å². The van der Waals surface area contributed by atoms with E-state index < -0.39 is 11.6 Å². The molecule has 2 heterocycles. The third-order valence-electron chi connectivity index (χ3n) is 2.93. The van der Waals surface area contributed by atoms with Crippen molar-refractivity contribution >= 4 is 22.8 Å². The summed E-state index contributed by atoms with van der Waals surface area (Å²) in [5, 5.41) is 4.45. The Hall–Kier alpha value is -1.96. The summed E-state index contributed by atoms with van der Waals surface area (Å²) in [4.78, 5) is 11.4. The fourth-order valence-electron chi connectivity index (χ4n) is 1.96.